The summed E-state index contributed by atoms with van der Waals surface area (Å²) >= 11 is 0. The minimum absolute atomic E-state index is 0.126. The van der Waals surface area contributed by atoms with Crippen molar-refractivity contribution in [3.05, 3.63) is 0 Å². The molecule has 0 amide bonds. The third kappa shape index (κ3) is 9.85. The average Bonchev–Trinajstić information content (AvgIpc) is 2.32. The van der Waals surface area contributed by atoms with E-state index in [1.165, 1.54) is 0 Å². The van der Waals surface area contributed by atoms with Crippen molar-refractivity contribution in [3.8, 4) is 0 Å². The molecule has 17 heavy (non-hydrogen) atoms. The maximum absolute atomic E-state index is 11.4. The molecule has 0 aliphatic heterocycles. The highest BCUT2D eigenvalue weighted by atomic mass is 16.5. The molecule has 0 saturated carbocycles. The van der Waals surface area contributed by atoms with Crippen LogP contribution in [0.2, 0.25) is 0 Å². The molecule has 0 aromatic rings. The van der Waals surface area contributed by atoms with Gasteiger partial charge in [0.15, 0.2) is 0 Å². The van der Waals surface area contributed by atoms with Crippen LogP contribution < -0.4 is 0 Å². The summed E-state index contributed by atoms with van der Waals surface area (Å²) in [5.41, 5.74) is 0. The predicted molar refractivity (Wildman–Crippen MR) is 67.6 cm³/mol. The third-order valence-corrected chi connectivity index (χ3v) is 1.98. The summed E-state index contributed by atoms with van der Waals surface area (Å²) in [4.78, 5) is 22.6. The Bertz CT molecular complexity index is 202. The van der Waals surface area contributed by atoms with Crippen LogP contribution >= 0.6 is 0 Å². The Kier molecular flexibility index (Phi) is 14.0. The monoisotopic (exact) mass is 246 g/mol. The Morgan fingerprint density at radius 1 is 1.00 bits per heavy atom. The van der Waals surface area contributed by atoms with Crippen molar-refractivity contribution < 1.29 is 19.1 Å². The fraction of sp³-hybridized carbons (Fsp3) is 0.846. The summed E-state index contributed by atoms with van der Waals surface area (Å²) in [7, 11) is 0. The van der Waals surface area contributed by atoms with Crippen LogP contribution in [0.5, 0.6) is 0 Å². The number of carbonyl (C=O) groups excluding carboxylic acids is 2. The van der Waals surface area contributed by atoms with E-state index >= 15 is 0 Å². The summed E-state index contributed by atoms with van der Waals surface area (Å²) < 4.78 is 9.69. The maximum atomic E-state index is 11.4. The highest BCUT2D eigenvalue weighted by Gasteiger charge is 2.22. The fourth-order valence-corrected chi connectivity index (χ4v) is 1.33. The van der Waals surface area contributed by atoms with Gasteiger partial charge in [0.2, 0.25) is 0 Å². The van der Waals surface area contributed by atoms with Gasteiger partial charge < -0.3 is 9.47 Å². The van der Waals surface area contributed by atoms with E-state index < -0.39 is 0 Å². The van der Waals surface area contributed by atoms with Gasteiger partial charge in [-0.1, -0.05) is 27.2 Å². The molecule has 4 heteroatoms. The summed E-state index contributed by atoms with van der Waals surface area (Å²) in [5, 5.41) is 0. The van der Waals surface area contributed by atoms with Gasteiger partial charge in [-0.05, 0) is 20.3 Å². The quantitative estimate of drug-likeness (QED) is 0.648. The Hall–Kier alpha value is -1.06. The number of hydrogen-bond donors (Lipinski definition) is 0. The predicted octanol–water partition coefficient (Wildman–Crippen LogP) is 2.95. The normalized spacial score (nSPS) is 10.9. The summed E-state index contributed by atoms with van der Waals surface area (Å²) in [6.07, 6.45) is 1.64. The topological polar surface area (TPSA) is 52.6 Å². The molecule has 0 aromatic heterocycles. The van der Waals surface area contributed by atoms with Crippen LogP contribution in [-0.2, 0) is 19.1 Å². The van der Waals surface area contributed by atoms with Crippen LogP contribution in [0, 0.1) is 5.92 Å². The largest absolute Gasteiger partial charge is 0.466 e. The minimum Gasteiger partial charge on any atom is -0.466 e. The number of ether oxygens (including phenoxy) is 2. The van der Waals surface area contributed by atoms with Crippen molar-refractivity contribution in [2.45, 2.75) is 53.9 Å². The van der Waals surface area contributed by atoms with Gasteiger partial charge in [0.05, 0.1) is 25.6 Å². The molecular formula is C13H26O4. The van der Waals surface area contributed by atoms with E-state index in [-0.39, 0.29) is 24.3 Å². The lowest BCUT2D eigenvalue weighted by Crippen LogP contribution is -2.22. The molecule has 0 N–H and O–H groups in total. The van der Waals surface area contributed by atoms with Crippen molar-refractivity contribution in [2.75, 3.05) is 13.2 Å². The first-order valence-corrected chi connectivity index (χ1v) is 6.47. The average molecular weight is 246 g/mol. The van der Waals surface area contributed by atoms with Gasteiger partial charge in [-0.2, -0.15) is 0 Å². The molecule has 0 rings (SSSR count). The zero-order chi connectivity index (χ0) is 13.7. The first-order chi connectivity index (χ1) is 8.15. The smallest absolute Gasteiger partial charge is 0.309 e. The molecule has 102 valence electrons. The van der Waals surface area contributed by atoms with Crippen LogP contribution in [0.3, 0.4) is 0 Å². The van der Waals surface area contributed by atoms with Crippen molar-refractivity contribution in [1.29, 1.82) is 0 Å². The lowest BCUT2D eigenvalue weighted by atomic mass is 10.0. The van der Waals surface area contributed by atoms with E-state index in [1.807, 2.05) is 20.8 Å². The van der Waals surface area contributed by atoms with Gasteiger partial charge in [-0.25, -0.2) is 0 Å². The molecular weight excluding hydrogens is 220 g/mol. The lowest BCUT2D eigenvalue weighted by molar-refractivity contribution is -0.155. The Labute approximate surface area is 105 Å². The van der Waals surface area contributed by atoms with Crippen molar-refractivity contribution in [3.63, 3.8) is 0 Å². The summed E-state index contributed by atoms with van der Waals surface area (Å²) in [5.74, 6) is -0.981. The van der Waals surface area contributed by atoms with E-state index in [1.54, 1.807) is 13.8 Å². The van der Waals surface area contributed by atoms with Gasteiger partial charge in [-0.15, -0.1) is 0 Å². The Morgan fingerprint density at radius 2 is 1.53 bits per heavy atom. The molecule has 0 aliphatic carbocycles. The zero-order valence-electron chi connectivity index (χ0n) is 11.7. The van der Waals surface area contributed by atoms with E-state index in [9.17, 15) is 9.59 Å². The van der Waals surface area contributed by atoms with Crippen LogP contribution in [0.4, 0.5) is 0 Å². The van der Waals surface area contributed by atoms with Crippen LogP contribution in [-0.4, -0.2) is 25.2 Å². The molecule has 4 nitrogen and oxygen atoms in total. The van der Waals surface area contributed by atoms with Gasteiger partial charge in [0.1, 0.15) is 0 Å². The van der Waals surface area contributed by atoms with Gasteiger partial charge in [-0.3, -0.25) is 9.59 Å². The molecule has 0 bridgehead atoms. The summed E-state index contributed by atoms with van der Waals surface area (Å²) in [6, 6.07) is 0. The number of carbonyl (C=O) groups is 2. The lowest BCUT2D eigenvalue weighted by Gasteiger charge is -2.13. The van der Waals surface area contributed by atoms with Crippen LogP contribution in [0.15, 0.2) is 0 Å². The zero-order valence-corrected chi connectivity index (χ0v) is 11.7. The number of esters is 2. The highest BCUT2D eigenvalue weighted by molar-refractivity contribution is 5.79. The Morgan fingerprint density at radius 3 is 1.94 bits per heavy atom. The van der Waals surface area contributed by atoms with Crippen molar-refractivity contribution in [2.24, 2.45) is 5.92 Å². The van der Waals surface area contributed by atoms with E-state index in [0.29, 0.717) is 19.6 Å². The van der Waals surface area contributed by atoms with Gasteiger partial charge >= 0.3 is 11.9 Å². The molecule has 1 atom stereocenters. The molecule has 0 spiro atoms. The standard InChI is InChI=1S/C11H20O4.C2H6/c1-4-7-9(11(13)15-6-3)8-10(12)14-5-2;1-2/h9H,4-8H2,1-3H3;1-2H3. The Balaban J connectivity index is 0. The van der Waals surface area contributed by atoms with E-state index in [4.69, 9.17) is 9.47 Å². The second-order valence-corrected chi connectivity index (χ2v) is 3.25. The minimum atomic E-state index is -0.353. The first kappa shape index (κ1) is 18.3. The number of rotatable bonds is 7. The SMILES string of the molecule is CC.CCCC(CC(=O)OCC)C(=O)OCC. The molecule has 0 fully saturated rings. The molecule has 0 saturated heterocycles. The van der Waals surface area contributed by atoms with Crippen molar-refractivity contribution >= 4 is 11.9 Å². The van der Waals surface area contributed by atoms with Gasteiger partial charge in [0, 0.05) is 0 Å². The second kappa shape index (κ2) is 13.0. The van der Waals surface area contributed by atoms with Crippen molar-refractivity contribution in [1.82, 2.24) is 0 Å². The van der Waals surface area contributed by atoms with Crippen LogP contribution in [0.25, 0.3) is 0 Å². The third-order valence-electron chi connectivity index (χ3n) is 1.98. The molecule has 0 radical (unpaired) electrons. The first-order valence-electron chi connectivity index (χ1n) is 6.47. The van der Waals surface area contributed by atoms with E-state index in [0.717, 1.165) is 6.42 Å². The molecule has 0 heterocycles. The molecule has 0 aliphatic rings. The van der Waals surface area contributed by atoms with E-state index in [2.05, 4.69) is 0 Å². The summed E-state index contributed by atoms with van der Waals surface area (Å²) in [6.45, 7) is 10.2. The highest BCUT2D eigenvalue weighted by Crippen LogP contribution is 2.14. The molecule has 1 unspecified atom stereocenters. The molecule has 0 aromatic carbocycles. The maximum Gasteiger partial charge on any atom is 0.309 e. The second-order valence-electron chi connectivity index (χ2n) is 3.25. The van der Waals surface area contributed by atoms with Crippen LogP contribution in [0.1, 0.15) is 53.9 Å². The number of hydrogen-bond acceptors (Lipinski definition) is 4. The van der Waals surface area contributed by atoms with Gasteiger partial charge in [0.25, 0.3) is 0 Å². The fourth-order valence-electron chi connectivity index (χ4n) is 1.33.